The van der Waals surface area contributed by atoms with Gasteiger partial charge >= 0.3 is 5.97 Å². The van der Waals surface area contributed by atoms with Crippen molar-refractivity contribution >= 4 is 11.8 Å². The molecule has 6 unspecified atom stereocenters. The lowest BCUT2D eigenvalue weighted by molar-refractivity contribution is -0.203. The van der Waals surface area contributed by atoms with Crippen LogP contribution in [0.25, 0.3) is 0 Å². The van der Waals surface area contributed by atoms with Crippen LogP contribution >= 0.6 is 0 Å². The van der Waals surface area contributed by atoms with Crippen LogP contribution in [0.1, 0.15) is 71.6 Å². The van der Waals surface area contributed by atoms with Crippen molar-refractivity contribution in [1.82, 2.24) is 0 Å². The number of esters is 1. The molecule has 5 aliphatic rings. The number of ketones is 1. The average molecular weight is 373 g/mol. The highest BCUT2D eigenvalue weighted by Gasteiger charge is 2.67. The number of fused-ring (bicyclic) bond motifs is 5. The van der Waals surface area contributed by atoms with Crippen LogP contribution in [0.4, 0.5) is 0 Å². The fraction of sp³-hybridized carbons (Fsp3) is 0.826. The van der Waals surface area contributed by atoms with Crippen molar-refractivity contribution in [3.63, 3.8) is 0 Å². The van der Waals surface area contributed by atoms with Gasteiger partial charge in [-0.2, -0.15) is 0 Å². The molecule has 0 radical (unpaired) electrons. The van der Waals surface area contributed by atoms with Gasteiger partial charge in [-0.25, -0.2) is 4.79 Å². The third-order valence-corrected chi connectivity index (χ3v) is 9.80. The van der Waals surface area contributed by atoms with Crippen LogP contribution in [-0.4, -0.2) is 29.1 Å². The Bertz CT molecular complexity index is 726. The predicted molar refractivity (Wildman–Crippen MR) is 101 cm³/mol. The molecule has 0 aromatic carbocycles. The van der Waals surface area contributed by atoms with Crippen molar-refractivity contribution in [3.8, 4) is 0 Å². The van der Waals surface area contributed by atoms with E-state index in [-0.39, 0.29) is 22.7 Å². The minimum absolute atomic E-state index is 0.165. The maximum absolute atomic E-state index is 12.1. The number of carbonyl (C=O) groups is 2. The molecule has 0 bridgehead atoms. The molecule has 0 aromatic rings. The zero-order valence-electron chi connectivity index (χ0n) is 16.6. The molecule has 1 N–H and O–H groups in total. The molecule has 0 amide bonds. The molecule has 0 spiro atoms. The summed E-state index contributed by atoms with van der Waals surface area (Å²) >= 11 is 0. The Labute approximate surface area is 161 Å². The van der Waals surface area contributed by atoms with E-state index in [0.29, 0.717) is 30.1 Å². The number of rotatable bonds is 1. The summed E-state index contributed by atoms with van der Waals surface area (Å²) in [6.45, 7) is 5.08. The lowest BCUT2D eigenvalue weighted by Crippen LogP contribution is -2.62. The molecule has 4 heteroatoms. The highest BCUT2D eigenvalue weighted by atomic mass is 16.5. The second-order valence-corrected chi connectivity index (χ2v) is 10.5. The van der Waals surface area contributed by atoms with E-state index in [4.69, 9.17) is 4.74 Å². The van der Waals surface area contributed by atoms with Gasteiger partial charge in [-0.3, -0.25) is 4.79 Å². The van der Waals surface area contributed by atoms with Crippen molar-refractivity contribution in [1.29, 1.82) is 0 Å². The molecule has 148 valence electrons. The summed E-state index contributed by atoms with van der Waals surface area (Å²) in [6.07, 6.45) is 10.2. The summed E-state index contributed by atoms with van der Waals surface area (Å²) in [7, 11) is 0. The Morgan fingerprint density at radius 1 is 1.04 bits per heavy atom. The first-order valence-corrected chi connectivity index (χ1v) is 10.9. The van der Waals surface area contributed by atoms with Crippen LogP contribution in [0.3, 0.4) is 0 Å². The van der Waals surface area contributed by atoms with Gasteiger partial charge in [-0.1, -0.05) is 13.8 Å². The highest BCUT2D eigenvalue weighted by molar-refractivity contribution is 5.85. The summed E-state index contributed by atoms with van der Waals surface area (Å²) in [5.41, 5.74) is 0.488. The fourth-order valence-electron chi connectivity index (χ4n) is 8.20. The molecule has 4 saturated carbocycles. The van der Waals surface area contributed by atoms with Gasteiger partial charge in [0.1, 0.15) is 12.4 Å². The third-order valence-electron chi connectivity index (χ3n) is 9.80. The molecule has 1 aliphatic heterocycles. The monoisotopic (exact) mass is 372 g/mol. The van der Waals surface area contributed by atoms with E-state index in [1.807, 2.05) is 0 Å². The maximum atomic E-state index is 12.1. The number of aliphatic hydroxyl groups is 1. The molecule has 4 nitrogen and oxygen atoms in total. The normalized spacial score (nSPS) is 51.9. The quantitative estimate of drug-likeness (QED) is 0.711. The molecule has 1 heterocycles. The van der Waals surface area contributed by atoms with Crippen LogP contribution in [0.5, 0.6) is 0 Å². The van der Waals surface area contributed by atoms with E-state index < -0.39 is 5.60 Å². The van der Waals surface area contributed by atoms with Crippen molar-refractivity contribution < 1.29 is 19.4 Å². The average Bonchev–Trinajstić information content (AvgIpc) is 3.16. The van der Waals surface area contributed by atoms with Crippen molar-refractivity contribution in [3.05, 3.63) is 11.6 Å². The fourth-order valence-corrected chi connectivity index (χ4v) is 8.20. The van der Waals surface area contributed by atoms with Gasteiger partial charge in [0.15, 0.2) is 0 Å². The molecule has 4 fully saturated rings. The predicted octanol–water partition coefficient (Wildman–Crippen LogP) is 3.81. The topological polar surface area (TPSA) is 63.6 Å². The Hall–Kier alpha value is -1.16. The number of Topliss-reactive ketones (excluding diaryl/α,β-unsaturated/α-hetero) is 1. The van der Waals surface area contributed by atoms with Gasteiger partial charge < -0.3 is 9.84 Å². The Morgan fingerprint density at radius 2 is 1.85 bits per heavy atom. The number of carbonyl (C=O) groups excluding carboxylic acids is 2. The first kappa shape index (κ1) is 17.9. The van der Waals surface area contributed by atoms with E-state index in [0.717, 1.165) is 63.4 Å². The Morgan fingerprint density at radius 3 is 2.59 bits per heavy atom. The van der Waals surface area contributed by atoms with Gasteiger partial charge in [0.2, 0.25) is 0 Å². The van der Waals surface area contributed by atoms with E-state index in [1.54, 1.807) is 6.08 Å². The minimum Gasteiger partial charge on any atom is -0.458 e. The number of hydrogen-bond acceptors (Lipinski definition) is 4. The van der Waals surface area contributed by atoms with Gasteiger partial charge in [0.05, 0.1) is 5.60 Å². The number of ether oxygens (including phenoxy) is 1. The van der Waals surface area contributed by atoms with E-state index in [1.165, 1.54) is 0 Å². The summed E-state index contributed by atoms with van der Waals surface area (Å²) in [5, 5.41) is 12.1. The van der Waals surface area contributed by atoms with Gasteiger partial charge in [-0.05, 0) is 79.6 Å². The van der Waals surface area contributed by atoms with E-state index >= 15 is 0 Å². The molecule has 0 saturated heterocycles. The number of cyclic esters (lactones) is 1. The standard InChI is InChI=1S/C23H32O4/c1-21-8-5-16(24)12-15(21)3-4-19-18(21)6-9-22(2)17(7-10-23(19,22)26)14-11-20(25)27-13-14/h11,15,17-19,26H,3-10,12-13H2,1-2H3/t15-,17?,18?,19?,21?,22?,23?/m1/s1. The van der Waals surface area contributed by atoms with Crippen LogP contribution in [-0.2, 0) is 14.3 Å². The van der Waals surface area contributed by atoms with Crippen molar-refractivity contribution in [2.45, 2.75) is 77.2 Å². The minimum atomic E-state index is -0.650. The summed E-state index contributed by atoms with van der Waals surface area (Å²) < 4.78 is 5.19. The second-order valence-electron chi connectivity index (χ2n) is 10.5. The Kier molecular flexibility index (Phi) is 3.77. The lowest BCUT2D eigenvalue weighted by atomic mass is 9.43. The summed E-state index contributed by atoms with van der Waals surface area (Å²) in [4.78, 5) is 23.7. The van der Waals surface area contributed by atoms with Crippen molar-refractivity contribution in [2.75, 3.05) is 6.61 Å². The van der Waals surface area contributed by atoms with Gasteiger partial charge in [0.25, 0.3) is 0 Å². The van der Waals surface area contributed by atoms with Crippen LogP contribution < -0.4 is 0 Å². The van der Waals surface area contributed by atoms with Crippen molar-refractivity contribution in [2.24, 2.45) is 34.5 Å². The van der Waals surface area contributed by atoms with Gasteiger partial charge in [0, 0.05) is 24.3 Å². The molecule has 5 rings (SSSR count). The second kappa shape index (κ2) is 5.68. The molecule has 7 atom stereocenters. The van der Waals surface area contributed by atoms with Crippen LogP contribution in [0.15, 0.2) is 11.6 Å². The molecule has 27 heavy (non-hydrogen) atoms. The maximum Gasteiger partial charge on any atom is 0.331 e. The van der Waals surface area contributed by atoms with Crippen LogP contribution in [0.2, 0.25) is 0 Å². The third kappa shape index (κ3) is 2.25. The molecular weight excluding hydrogens is 340 g/mol. The largest absolute Gasteiger partial charge is 0.458 e. The summed E-state index contributed by atoms with van der Waals surface area (Å²) in [6, 6.07) is 0. The van der Waals surface area contributed by atoms with Gasteiger partial charge in [-0.15, -0.1) is 0 Å². The molecular formula is C23H32O4. The first-order chi connectivity index (χ1) is 12.8. The SMILES string of the molecule is CC12CCC(=O)C[C@H]1CCC1C2CCC2(C)C(C3=CC(=O)OC3)CCC12O. The zero-order valence-corrected chi connectivity index (χ0v) is 16.6. The summed E-state index contributed by atoms with van der Waals surface area (Å²) in [5.74, 6) is 1.83. The lowest BCUT2D eigenvalue weighted by Gasteiger charge is -2.63. The Balaban J connectivity index is 1.48. The van der Waals surface area contributed by atoms with E-state index in [9.17, 15) is 14.7 Å². The molecule has 4 aliphatic carbocycles. The smallest absolute Gasteiger partial charge is 0.331 e. The van der Waals surface area contributed by atoms with Crippen LogP contribution in [0, 0.1) is 34.5 Å². The van der Waals surface area contributed by atoms with E-state index in [2.05, 4.69) is 13.8 Å². The highest BCUT2D eigenvalue weighted by Crippen LogP contribution is 2.69. The number of hydrogen-bond donors (Lipinski definition) is 1. The zero-order chi connectivity index (χ0) is 19.0. The first-order valence-electron chi connectivity index (χ1n) is 10.9. The molecule has 0 aromatic heterocycles.